The molecule has 5 atom stereocenters. The molecule has 1 aliphatic carbocycles. The van der Waals surface area contributed by atoms with Crippen LogP contribution < -0.4 is 58.7 Å². The van der Waals surface area contributed by atoms with Crippen LogP contribution in [-0.4, -0.2) is 46.2 Å². The largest absolute Gasteiger partial charge is 1.00 e. The number of hydrogen-bond acceptors (Lipinski definition) is 4. The number of rotatable bonds is 7. The van der Waals surface area contributed by atoms with Gasteiger partial charge in [-0.3, -0.25) is 9.59 Å². The standard InChI is InChI=1S/C15H28N4O4.ClH.Na/c1-4-8(5-2)12(18-7(3)20)11-10(19-15(16)17)6-9(13(11)21)14(22)23;;/h8-13,21H,4-6H2,1-3H3,(H,18,20)(H,22,23)(H4,16,17,19);1H;/q;;+1/p-1/t9-,10+,11+,12?,13+;;/m0../s1. The van der Waals surface area contributed by atoms with Crippen molar-refractivity contribution in [3.63, 3.8) is 0 Å². The molecule has 140 valence electrons. The number of aliphatic hydroxyl groups is 1. The van der Waals surface area contributed by atoms with E-state index in [1.807, 2.05) is 13.8 Å². The molecular weight excluding hydrogens is 359 g/mol. The summed E-state index contributed by atoms with van der Waals surface area (Å²) in [5, 5.41) is 22.7. The van der Waals surface area contributed by atoms with Crippen LogP contribution >= 0.6 is 0 Å². The van der Waals surface area contributed by atoms with Crippen molar-refractivity contribution in [1.29, 1.82) is 0 Å². The quantitative estimate of drug-likeness (QED) is 0.167. The zero-order chi connectivity index (χ0) is 17.7. The summed E-state index contributed by atoms with van der Waals surface area (Å²) in [5.41, 5.74) is 10.9. The van der Waals surface area contributed by atoms with Crippen molar-refractivity contribution in [3.05, 3.63) is 0 Å². The van der Waals surface area contributed by atoms with Crippen LogP contribution in [0.4, 0.5) is 0 Å². The summed E-state index contributed by atoms with van der Waals surface area (Å²) >= 11 is 0. The SMILES string of the molecule is CCC(CC)C(NC(C)=O)[C@@H]1[C@H](O)[C@@H](C(=O)O)C[C@H]1N=C(N)N.[Cl-].[Na+]. The van der Waals surface area contributed by atoms with Crippen molar-refractivity contribution in [2.24, 2.45) is 34.2 Å². The van der Waals surface area contributed by atoms with E-state index in [0.717, 1.165) is 12.8 Å². The third-order valence-electron chi connectivity index (χ3n) is 4.72. The second-order valence-electron chi connectivity index (χ2n) is 6.17. The van der Waals surface area contributed by atoms with Crippen LogP contribution in [-0.2, 0) is 9.59 Å². The molecule has 25 heavy (non-hydrogen) atoms. The number of aliphatic imine (C=N–C) groups is 1. The van der Waals surface area contributed by atoms with Gasteiger partial charge < -0.3 is 39.4 Å². The van der Waals surface area contributed by atoms with Gasteiger partial charge in [-0.1, -0.05) is 26.7 Å². The Morgan fingerprint density at radius 1 is 1.28 bits per heavy atom. The van der Waals surface area contributed by atoms with Gasteiger partial charge in [0.2, 0.25) is 5.91 Å². The van der Waals surface area contributed by atoms with E-state index in [4.69, 9.17) is 11.5 Å². The molecule has 1 unspecified atom stereocenters. The number of carboxylic acids is 1. The third-order valence-corrected chi connectivity index (χ3v) is 4.72. The molecule has 1 saturated carbocycles. The molecule has 0 spiro atoms. The van der Waals surface area contributed by atoms with Gasteiger partial charge in [-0.25, -0.2) is 4.99 Å². The molecule has 10 heteroatoms. The zero-order valence-electron chi connectivity index (χ0n) is 15.3. The number of nitrogens with one attached hydrogen (secondary N) is 1. The number of carboxylic acid groups (broad SMARTS) is 1. The fourth-order valence-electron chi connectivity index (χ4n) is 3.64. The summed E-state index contributed by atoms with van der Waals surface area (Å²) in [6.45, 7) is 5.39. The Balaban J connectivity index is 0. The van der Waals surface area contributed by atoms with Crippen LogP contribution in [0.3, 0.4) is 0 Å². The fraction of sp³-hybridized carbons (Fsp3) is 0.800. The Hall–Kier alpha value is -0.540. The van der Waals surface area contributed by atoms with Crippen LogP contribution in [0, 0.1) is 17.8 Å². The molecule has 0 aromatic rings. The topological polar surface area (TPSA) is 151 Å². The van der Waals surface area contributed by atoms with E-state index >= 15 is 0 Å². The molecule has 0 aromatic carbocycles. The molecule has 8 nitrogen and oxygen atoms in total. The first-order valence-electron chi connectivity index (χ1n) is 7.99. The average Bonchev–Trinajstić information content (AvgIpc) is 2.74. The summed E-state index contributed by atoms with van der Waals surface area (Å²) in [6.07, 6.45) is 0.612. The number of halogens is 1. The maximum Gasteiger partial charge on any atom is 1.00 e. The summed E-state index contributed by atoms with van der Waals surface area (Å²) in [5.74, 6) is -2.84. The van der Waals surface area contributed by atoms with E-state index in [1.165, 1.54) is 6.92 Å². The van der Waals surface area contributed by atoms with Gasteiger partial charge in [-0.05, 0) is 12.3 Å². The second-order valence-corrected chi connectivity index (χ2v) is 6.17. The van der Waals surface area contributed by atoms with Crippen LogP contribution in [0.15, 0.2) is 4.99 Å². The van der Waals surface area contributed by atoms with Crippen molar-refractivity contribution >= 4 is 17.8 Å². The van der Waals surface area contributed by atoms with Crippen LogP contribution in [0.1, 0.15) is 40.0 Å². The average molecular weight is 387 g/mol. The van der Waals surface area contributed by atoms with Gasteiger partial charge in [-0.2, -0.15) is 0 Å². The Bertz CT molecular complexity index is 472. The predicted octanol–water partition coefficient (Wildman–Crippen LogP) is -6.34. The number of carbonyl (C=O) groups excluding carboxylic acids is 1. The van der Waals surface area contributed by atoms with Gasteiger partial charge in [0.05, 0.1) is 18.1 Å². The molecule has 0 radical (unpaired) electrons. The van der Waals surface area contributed by atoms with Crippen LogP contribution in [0.5, 0.6) is 0 Å². The molecule has 1 rings (SSSR count). The summed E-state index contributed by atoms with van der Waals surface area (Å²) < 4.78 is 0. The van der Waals surface area contributed by atoms with Gasteiger partial charge in [-0.15, -0.1) is 0 Å². The van der Waals surface area contributed by atoms with E-state index in [1.54, 1.807) is 0 Å². The number of aliphatic hydroxyl groups excluding tert-OH is 1. The molecule has 7 N–H and O–H groups in total. The fourth-order valence-corrected chi connectivity index (χ4v) is 3.64. The Morgan fingerprint density at radius 2 is 1.80 bits per heavy atom. The van der Waals surface area contributed by atoms with Crippen molar-refractivity contribution in [2.75, 3.05) is 0 Å². The smallest absolute Gasteiger partial charge is 1.00 e. The zero-order valence-corrected chi connectivity index (χ0v) is 18.0. The van der Waals surface area contributed by atoms with Gasteiger partial charge in [0.1, 0.15) is 0 Å². The minimum absolute atomic E-state index is 0. The van der Waals surface area contributed by atoms with E-state index in [2.05, 4.69) is 10.3 Å². The molecule has 1 aliphatic rings. The van der Waals surface area contributed by atoms with Crippen molar-refractivity contribution in [2.45, 2.75) is 58.2 Å². The van der Waals surface area contributed by atoms with E-state index < -0.39 is 30.0 Å². The Kier molecular flexibility index (Phi) is 12.8. The molecule has 0 bridgehead atoms. The number of amides is 1. The Labute approximate surface area is 176 Å². The molecule has 1 amide bonds. The predicted molar refractivity (Wildman–Crippen MR) is 86.5 cm³/mol. The van der Waals surface area contributed by atoms with E-state index in [9.17, 15) is 19.8 Å². The number of guanidine groups is 1. The summed E-state index contributed by atoms with van der Waals surface area (Å²) in [4.78, 5) is 27.1. The Morgan fingerprint density at radius 3 is 2.16 bits per heavy atom. The number of hydrogen-bond donors (Lipinski definition) is 5. The monoisotopic (exact) mass is 386 g/mol. The van der Waals surface area contributed by atoms with Gasteiger partial charge >= 0.3 is 35.5 Å². The van der Waals surface area contributed by atoms with Gasteiger partial charge in [0.15, 0.2) is 5.96 Å². The summed E-state index contributed by atoms with van der Waals surface area (Å²) in [6, 6.07) is -0.913. The van der Waals surface area contributed by atoms with Crippen LogP contribution in [0.25, 0.3) is 0 Å². The minimum Gasteiger partial charge on any atom is -1.00 e. The molecular formula is C15H28ClN4NaO4. The first-order chi connectivity index (χ1) is 10.7. The third kappa shape index (κ3) is 6.94. The second kappa shape index (κ2) is 12.0. The molecule has 1 fully saturated rings. The van der Waals surface area contributed by atoms with Crippen molar-refractivity contribution in [1.82, 2.24) is 5.32 Å². The van der Waals surface area contributed by atoms with Crippen LogP contribution in [0.2, 0.25) is 0 Å². The van der Waals surface area contributed by atoms with Gasteiger partial charge in [0.25, 0.3) is 0 Å². The van der Waals surface area contributed by atoms with E-state index in [0.29, 0.717) is 0 Å². The normalized spacial score (nSPS) is 26.1. The van der Waals surface area contributed by atoms with Gasteiger partial charge in [0, 0.05) is 18.9 Å². The molecule has 0 aromatic heterocycles. The molecule has 0 heterocycles. The summed E-state index contributed by atoms with van der Waals surface area (Å²) in [7, 11) is 0. The van der Waals surface area contributed by atoms with Crippen molar-refractivity contribution in [3.8, 4) is 0 Å². The maximum atomic E-state index is 11.6. The van der Waals surface area contributed by atoms with Crippen molar-refractivity contribution < 1.29 is 61.8 Å². The molecule has 0 aliphatic heterocycles. The number of carbonyl (C=O) groups is 2. The first kappa shape index (κ1) is 26.7. The van der Waals surface area contributed by atoms with E-state index in [-0.39, 0.29) is 72.2 Å². The maximum absolute atomic E-state index is 11.6. The molecule has 0 saturated heterocycles. The first-order valence-corrected chi connectivity index (χ1v) is 7.99. The minimum atomic E-state index is -1.11. The number of nitrogens with two attached hydrogens (primary N) is 2. The number of aliphatic carboxylic acids is 1. The number of nitrogens with zero attached hydrogens (tertiary/aromatic N) is 1.